The number of carbonyl (C=O) groups is 1. The maximum absolute atomic E-state index is 13.5. The van der Waals surface area contributed by atoms with Gasteiger partial charge in [0.2, 0.25) is 0 Å². The highest BCUT2D eigenvalue weighted by molar-refractivity contribution is 5.99. The minimum absolute atomic E-state index is 0.128. The number of amides is 1. The molecule has 8 heteroatoms. The van der Waals surface area contributed by atoms with Crippen LogP contribution in [0.25, 0.3) is 0 Å². The van der Waals surface area contributed by atoms with Crippen LogP contribution in [0.4, 0.5) is 15.8 Å². The second kappa shape index (κ2) is 6.98. The van der Waals surface area contributed by atoms with Crippen LogP contribution in [0.5, 0.6) is 0 Å². The van der Waals surface area contributed by atoms with Gasteiger partial charge in [-0.05, 0) is 18.4 Å². The number of nitrogen functional groups attached to an aromatic ring is 1. The van der Waals surface area contributed by atoms with Gasteiger partial charge in [-0.3, -0.25) is 20.8 Å². The van der Waals surface area contributed by atoms with Crippen molar-refractivity contribution in [3.8, 4) is 0 Å². The van der Waals surface area contributed by atoms with Crippen molar-refractivity contribution >= 4 is 17.3 Å². The van der Waals surface area contributed by atoms with E-state index in [0.717, 1.165) is 6.07 Å². The van der Waals surface area contributed by atoms with Gasteiger partial charge in [-0.25, -0.2) is 4.39 Å². The first-order valence-corrected chi connectivity index (χ1v) is 6.57. The molecule has 0 aromatic heterocycles. The zero-order valence-electron chi connectivity index (χ0n) is 12.1. The highest BCUT2D eigenvalue weighted by Gasteiger charge is 2.25. The van der Waals surface area contributed by atoms with Gasteiger partial charge in [-0.15, -0.1) is 0 Å². The number of hydrogen-bond acceptors (Lipinski definition) is 5. The third-order valence-electron chi connectivity index (χ3n) is 3.24. The van der Waals surface area contributed by atoms with Crippen LogP contribution in [0.1, 0.15) is 37.6 Å². The lowest BCUT2D eigenvalue weighted by Gasteiger charge is -2.20. The van der Waals surface area contributed by atoms with Crippen LogP contribution >= 0.6 is 0 Å². The Morgan fingerprint density at radius 3 is 2.52 bits per heavy atom. The zero-order valence-corrected chi connectivity index (χ0v) is 12.1. The molecular formula is C13H19FN4O3. The van der Waals surface area contributed by atoms with Crippen molar-refractivity contribution in [3.05, 3.63) is 33.6 Å². The molecule has 0 aliphatic heterocycles. The first kappa shape index (κ1) is 16.8. The standard InChI is InChI=1S/C13H19FN4O3/c1-4-10(7(2)3)16-13(19)8-5-11(17-15)9(14)6-12(8)18(20)21/h5-7,10,17H,4,15H2,1-3H3,(H,16,19). The van der Waals surface area contributed by atoms with Gasteiger partial charge in [0.15, 0.2) is 5.82 Å². The normalized spacial score (nSPS) is 12.1. The number of anilines is 1. The Labute approximate surface area is 121 Å². The van der Waals surface area contributed by atoms with Crippen LogP contribution in [-0.2, 0) is 0 Å². The van der Waals surface area contributed by atoms with E-state index in [1.54, 1.807) is 0 Å². The number of nitrogens with zero attached hydrogens (tertiary/aromatic N) is 1. The van der Waals surface area contributed by atoms with Gasteiger partial charge in [-0.1, -0.05) is 20.8 Å². The largest absolute Gasteiger partial charge is 0.349 e. The maximum Gasteiger partial charge on any atom is 0.285 e. The summed E-state index contributed by atoms with van der Waals surface area (Å²) in [4.78, 5) is 22.4. The smallest absolute Gasteiger partial charge is 0.285 e. The second-order valence-electron chi connectivity index (χ2n) is 4.98. The molecule has 1 rings (SSSR count). The molecule has 116 valence electrons. The predicted octanol–water partition coefficient (Wildman–Crippen LogP) is 2.18. The summed E-state index contributed by atoms with van der Waals surface area (Å²) in [5, 5.41) is 13.7. The first-order valence-electron chi connectivity index (χ1n) is 6.57. The fourth-order valence-electron chi connectivity index (χ4n) is 1.99. The van der Waals surface area contributed by atoms with E-state index in [1.165, 1.54) is 0 Å². The topological polar surface area (TPSA) is 110 Å². The summed E-state index contributed by atoms with van der Waals surface area (Å²) in [5.41, 5.74) is 1.07. The van der Waals surface area contributed by atoms with Crippen LogP contribution in [0.15, 0.2) is 12.1 Å². The number of benzene rings is 1. The molecule has 0 fully saturated rings. The van der Waals surface area contributed by atoms with Crippen molar-refractivity contribution in [3.63, 3.8) is 0 Å². The maximum atomic E-state index is 13.5. The van der Waals surface area contributed by atoms with Gasteiger partial charge in [0.25, 0.3) is 11.6 Å². The monoisotopic (exact) mass is 298 g/mol. The highest BCUT2D eigenvalue weighted by Crippen LogP contribution is 2.26. The van der Waals surface area contributed by atoms with Crippen molar-refractivity contribution in [1.29, 1.82) is 0 Å². The molecular weight excluding hydrogens is 279 g/mol. The second-order valence-corrected chi connectivity index (χ2v) is 4.98. The van der Waals surface area contributed by atoms with E-state index in [-0.39, 0.29) is 23.2 Å². The van der Waals surface area contributed by atoms with Crippen LogP contribution in [0.2, 0.25) is 0 Å². The Bertz CT molecular complexity index is 548. The number of rotatable bonds is 6. The SMILES string of the molecule is CCC(NC(=O)c1cc(NN)c(F)cc1[N+](=O)[O-])C(C)C. The molecule has 0 saturated heterocycles. The number of nitrogens with two attached hydrogens (primary N) is 1. The molecule has 0 spiro atoms. The summed E-state index contributed by atoms with van der Waals surface area (Å²) in [6, 6.07) is 1.59. The molecule has 21 heavy (non-hydrogen) atoms. The quantitative estimate of drug-likeness (QED) is 0.423. The number of hydrogen-bond donors (Lipinski definition) is 3. The van der Waals surface area contributed by atoms with E-state index in [4.69, 9.17) is 5.84 Å². The summed E-state index contributed by atoms with van der Waals surface area (Å²) in [6.07, 6.45) is 0.681. The first-order chi connectivity index (χ1) is 9.81. The van der Waals surface area contributed by atoms with E-state index < -0.39 is 22.3 Å². The lowest BCUT2D eigenvalue weighted by molar-refractivity contribution is -0.385. The van der Waals surface area contributed by atoms with E-state index >= 15 is 0 Å². The average molecular weight is 298 g/mol. The Morgan fingerprint density at radius 2 is 2.10 bits per heavy atom. The van der Waals surface area contributed by atoms with Crippen molar-refractivity contribution in [1.82, 2.24) is 5.32 Å². The number of halogens is 1. The van der Waals surface area contributed by atoms with Gasteiger partial charge < -0.3 is 10.7 Å². The van der Waals surface area contributed by atoms with Crippen molar-refractivity contribution in [2.45, 2.75) is 33.2 Å². The van der Waals surface area contributed by atoms with Gasteiger partial charge in [0, 0.05) is 6.04 Å². The number of nitro groups is 1. The molecule has 7 nitrogen and oxygen atoms in total. The number of carbonyl (C=O) groups excluding carboxylic acids is 1. The van der Waals surface area contributed by atoms with Crippen LogP contribution in [-0.4, -0.2) is 16.9 Å². The van der Waals surface area contributed by atoms with Gasteiger partial charge >= 0.3 is 0 Å². The van der Waals surface area contributed by atoms with E-state index in [9.17, 15) is 19.3 Å². The summed E-state index contributed by atoms with van der Waals surface area (Å²) in [6.45, 7) is 5.76. The Balaban J connectivity index is 3.21. The summed E-state index contributed by atoms with van der Waals surface area (Å²) >= 11 is 0. The lowest BCUT2D eigenvalue weighted by Crippen LogP contribution is -2.38. The molecule has 1 aromatic carbocycles. The molecule has 4 N–H and O–H groups in total. The van der Waals surface area contributed by atoms with Crippen molar-refractivity contribution in [2.75, 3.05) is 5.43 Å². The molecule has 1 aromatic rings. The third-order valence-corrected chi connectivity index (χ3v) is 3.24. The fourth-order valence-corrected chi connectivity index (χ4v) is 1.99. The molecule has 0 bridgehead atoms. The summed E-state index contributed by atoms with van der Waals surface area (Å²) in [5.74, 6) is 3.78. The third kappa shape index (κ3) is 3.88. The van der Waals surface area contributed by atoms with E-state index in [1.807, 2.05) is 20.8 Å². The Kier molecular flexibility index (Phi) is 5.60. The molecule has 0 radical (unpaired) electrons. The van der Waals surface area contributed by atoms with Crippen molar-refractivity contribution in [2.24, 2.45) is 11.8 Å². The minimum atomic E-state index is -0.892. The van der Waals surface area contributed by atoms with Gasteiger partial charge in [0.05, 0.1) is 16.7 Å². The predicted molar refractivity (Wildman–Crippen MR) is 77.2 cm³/mol. The van der Waals surface area contributed by atoms with Crippen LogP contribution in [0.3, 0.4) is 0 Å². The number of nitrogens with one attached hydrogen (secondary N) is 2. The van der Waals surface area contributed by atoms with Crippen LogP contribution in [0, 0.1) is 21.8 Å². The zero-order chi connectivity index (χ0) is 16.2. The molecule has 0 aliphatic rings. The number of hydrazine groups is 1. The molecule has 1 amide bonds. The summed E-state index contributed by atoms with van der Waals surface area (Å²) in [7, 11) is 0. The molecule has 0 aliphatic carbocycles. The van der Waals surface area contributed by atoms with Gasteiger partial charge in [0.1, 0.15) is 5.56 Å². The van der Waals surface area contributed by atoms with Crippen molar-refractivity contribution < 1.29 is 14.1 Å². The van der Waals surface area contributed by atoms with Gasteiger partial charge in [-0.2, -0.15) is 0 Å². The molecule has 0 saturated carbocycles. The van der Waals surface area contributed by atoms with Crippen LogP contribution < -0.4 is 16.6 Å². The number of nitro benzene ring substituents is 1. The minimum Gasteiger partial charge on any atom is -0.349 e. The summed E-state index contributed by atoms with van der Waals surface area (Å²) < 4.78 is 13.5. The lowest BCUT2D eigenvalue weighted by atomic mass is 10.0. The van der Waals surface area contributed by atoms with E-state index in [2.05, 4.69) is 10.7 Å². The Hall–Kier alpha value is -2.22. The van der Waals surface area contributed by atoms with E-state index in [0.29, 0.717) is 12.5 Å². The fraction of sp³-hybridized carbons (Fsp3) is 0.462. The highest BCUT2D eigenvalue weighted by atomic mass is 19.1. The molecule has 1 unspecified atom stereocenters. The Morgan fingerprint density at radius 1 is 1.48 bits per heavy atom. The molecule has 0 heterocycles. The average Bonchev–Trinajstić information content (AvgIpc) is 2.43. The molecule has 1 atom stereocenters.